The molecule has 0 aromatic carbocycles. The van der Waals surface area contributed by atoms with Crippen molar-refractivity contribution in [1.82, 2.24) is 0 Å². The Kier molecular flexibility index (Phi) is 2.49. The molecule has 0 saturated heterocycles. The number of hydrogen-bond donors (Lipinski definition) is 0. The second-order valence-electron chi connectivity index (χ2n) is 1.96. The molecule has 0 N–H and O–H groups in total. The quantitative estimate of drug-likeness (QED) is 0.696. The van der Waals surface area contributed by atoms with Crippen molar-refractivity contribution < 1.29 is 8.42 Å². The first-order valence-electron chi connectivity index (χ1n) is 2.62. The number of hydrogen-bond acceptors (Lipinski definition) is 3. The first-order chi connectivity index (χ1) is 4.91. The number of halogens is 2. The highest BCUT2D eigenvalue weighted by atomic mass is 35.7. The molecule has 1 aromatic rings. The van der Waals surface area contributed by atoms with E-state index in [0.717, 1.165) is 16.9 Å². The van der Waals surface area contributed by atoms with Crippen molar-refractivity contribution in [3.63, 3.8) is 0 Å². The van der Waals surface area contributed by atoms with E-state index in [-0.39, 0.29) is 4.21 Å². The van der Waals surface area contributed by atoms with Gasteiger partial charge in [-0.3, -0.25) is 0 Å². The Morgan fingerprint density at radius 1 is 1.55 bits per heavy atom. The fraction of sp³-hybridized carbons (Fsp3) is 0.200. The molecule has 2 nitrogen and oxygen atoms in total. The summed E-state index contributed by atoms with van der Waals surface area (Å²) in [6, 6.07) is 1.45. The molecule has 0 spiro atoms. The van der Waals surface area contributed by atoms with Gasteiger partial charge in [-0.05, 0) is 18.6 Å². The highest BCUT2D eigenvalue weighted by Crippen LogP contribution is 2.31. The van der Waals surface area contributed by atoms with Crippen LogP contribution < -0.4 is 0 Å². The van der Waals surface area contributed by atoms with Crippen LogP contribution in [0, 0.1) is 6.92 Å². The molecule has 0 unspecified atom stereocenters. The van der Waals surface area contributed by atoms with Crippen LogP contribution in [-0.4, -0.2) is 8.42 Å². The van der Waals surface area contributed by atoms with Crippen LogP contribution >= 0.6 is 33.6 Å². The molecule has 11 heavy (non-hydrogen) atoms. The van der Waals surface area contributed by atoms with Crippen molar-refractivity contribution in [2.24, 2.45) is 0 Å². The summed E-state index contributed by atoms with van der Waals surface area (Å²) < 4.78 is 22.0. The van der Waals surface area contributed by atoms with E-state index in [4.69, 9.17) is 22.3 Å². The van der Waals surface area contributed by atoms with E-state index in [1.54, 1.807) is 6.92 Å². The zero-order chi connectivity index (χ0) is 8.65. The van der Waals surface area contributed by atoms with Crippen LogP contribution in [0.4, 0.5) is 0 Å². The summed E-state index contributed by atoms with van der Waals surface area (Å²) in [4.78, 5) is 0. The number of thiophene rings is 1. The molecule has 0 saturated carbocycles. The van der Waals surface area contributed by atoms with Gasteiger partial charge in [0, 0.05) is 10.7 Å². The lowest BCUT2D eigenvalue weighted by atomic mass is 10.4. The third kappa shape index (κ3) is 2.08. The van der Waals surface area contributed by atoms with Crippen LogP contribution in [-0.2, 0) is 9.05 Å². The van der Waals surface area contributed by atoms with Gasteiger partial charge in [-0.15, -0.1) is 11.3 Å². The van der Waals surface area contributed by atoms with Gasteiger partial charge in [-0.1, -0.05) is 11.6 Å². The Hall–Kier alpha value is 0.230. The standard InChI is InChI=1S/C5H4Cl2O2S2/c1-3-2-4(10-5(3)6)11(7,8)9/h2H,1H3. The highest BCUT2D eigenvalue weighted by molar-refractivity contribution is 8.15. The van der Waals surface area contributed by atoms with Crippen molar-refractivity contribution in [1.29, 1.82) is 0 Å². The van der Waals surface area contributed by atoms with Crippen molar-refractivity contribution in [3.05, 3.63) is 16.0 Å². The van der Waals surface area contributed by atoms with Crippen LogP contribution in [0.5, 0.6) is 0 Å². The summed E-state index contributed by atoms with van der Waals surface area (Å²) in [7, 11) is 1.47. The summed E-state index contributed by atoms with van der Waals surface area (Å²) in [5.41, 5.74) is 0.732. The second kappa shape index (κ2) is 2.94. The molecule has 62 valence electrons. The van der Waals surface area contributed by atoms with Gasteiger partial charge in [-0.25, -0.2) is 8.42 Å². The minimum atomic E-state index is -3.60. The highest BCUT2D eigenvalue weighted by Gasteiger charge is 2.14. The largest absolute Gasteiger partial charge is 0.270 e. The monoisotopic (exact) mass is 230 g/mol. The SMILES string of the molecule is Cc1cc(S(=O)(=O)Cl)sc1Cl. The molecule has 0 bridgehead atoms. The molecule has 0 fully saturated rings. The van der Waals surface area contributed by atoms with Gasteiger partial charge in [0.05, 0.1) is 4.34 Å². The first kappa shape index (κ1) is 9.32. The molecule has 1 heterocycles. The fourth-order valence-corrected chi connectivity index (χ4v) is 3.01. The average molecular weight is 231 g/mol. The average Bonchev–Trinajstić information content (AvgIpc) is 2.11. The molecule has 6 heteroatoms. The summed E-state index contributed by atoms with van der Waals surface area (Å²) in [5.74, 6) is 0. The molecule has 1 rings (SSSR count). The summed E-state index contributed by atoms with van der Waals surface area (Å²) >= 11 is 6.60. The van der Waals surface area contributed by atoms with Crippen molar-refractivity contribution in [2.45, 2.75) is 11.1 Å². The maximum atomic E-state index is 10.7. The van der Waals surface area contributed by atoms with Crippen LogP contribution in [0.15, 0.2) is 10.3 Å². The lowest BCUT2D eigenvalue weighted by Gasteiger charge is -1.83. The maximum absolute atomic E-state index is 10.7. The lowest BCUT2D eigenvalue weighted by Crippen LogP contribution is -1.83. The fourth-order valence-electron chi connectivity index (χ4n) is 0.552. The predicted molar refractivity (Wildman–Crippen MR) is 47.1 cm³/mol. The minimum Gasteiger partial charge on any atom is -0.206 e. The molecule has 0 aliphatic carbocycles. The Balaban J connectivity index is 3.29. The molecule has 0 amide bonds. The van der Waals surface area contributed by atoms with Crippen LogP contribution in [0.3, 0.4) is 0 Å². The Labute approximate surface area is 78.2 Å². The third-order valence-electron chi connectivity index (χ3n) is 1.07. The molecule has 0 aliphatic heterocycles. The zero-order valence-electron chi connectivity index (χ0n) is 5.47. The molecule has 1 aromatic heterocycles. The van der Waals surface area contributed by atoms with E-state index in [1.165, 1.54) is 6.07 Å². The smallest absolute Gasteiger partial charge is 0.206 e. The molecule has 0 atom stereocenters. The third-order valence-corrected chi connectivity index (χ3v) is 4.70. The van der Waals surface area contributed by atoms with E-state index >= 15 is 0 Å². The molecule has 0 aliphatic rings. The number of rotatable bonds is 1. The lowest BCUT2D eigenvalue weighted by molar-refractivity contribution is 0.611. The topological polar surface area (TPSA) is 34.1 Å². The molecular formula is C5H4Cl2O2S2. The second-order valence-corrected chi connectivity index (χ2v) is 6.41. The summed E-state index contributed by atoms with van der Waals surface area (Å²) in [5, 5.41) is 0. The van der Waals surface area contributed by atoms with E-state index < -0.39 is 9.05 Å². The van der Waals surface area contributed by atoms with Gasteiger partial charge in [0.2, 0.25) is 0 Å². The van der Waals surface area contributed by atoms with Crippen LogP contribution in [0.2, 0.25) is 4.34 Å². The van der Waals surface area contributed by atoms with Crippen molar-refractivity contribution in [3.8, 4) is 0 Å². The van der Waals surface area contributed by atoms with Crippen LogP contribution in [0.25, 0.3) is 0 Å². The van der Waals surface area contributed by atoms with Gasteiger partial charge < -0.3 is 0 Å². The molecule has 0 radical (unpaired) electrons. The van der Waals surface area contributed by atoms with Gasteiger partial charge >= 0.3 is 0 Å². The van der Waals surface area contributed by atoms with E-state index in [0.29, 0.717) is 4.34 Å². The van der Waals surface area contributed by atoms with Crippen molar-refractivity contribution >= 4 is 42.7 Å². The summed E-state index contributed by atoms with van der Waals surface area (Å²) in [6.45, 7) is 1.73. The van der Waals surface area contributed by atoms with Gasteiger partial charge in [0.25, 0.3) is 9.05 Å². The van der Waals surface area contributed by atoms with Crippen molar-refractivity contribution in [2.75, 3.05) is 0 Å². The number of aryl methyl sites for hydroxylation is 1. The van der Waals surface area contributed by atoms with E-state index in [2.05, 4.69) is 0 Å². The Morgan fingerprint density at radius 2 is 2.09 bits per heavy atom. The first-order valence-corrected chi connectivity index (χ1v) is 6.12. The predicted octanol–water partition coefficient (Wildman–Crippen LogP) is 2.64. The van der Waals surface area contributed by atoms with Gasteiger partial charge in [0.15, 0.2) is 0 Å². The Morgan fingerprint density at radius 3 is 2.27 bits per heavy atom. The normalized spacial score (nSPS) is 11.9. The Bertz CT molecular complexity index is 346. The van der Waals surface area contributed by atoms with E-state index in [1.807, 2.05) is 0 Å². The van der Waals surface area contributed by atoms with E-state index in [9.17, 15) is 8.42 Å². The molecular weight excluding hydrogens is 227 g/mol. The minimum absolute atomic E-state index is 0.0988. The summed E-state index contributed by atoms with van der Waals surface area (Å²) in [6.07, 6.45) is 0. The maximum Gasteiger partial charge on any atom is 0.270 e. The zero-order valence-corrected chi connectivity index (χ0v) is 8.61. The van der Waals surface area contributed by atoms with Gasteiger partial charge in [0.1, 0.15) is 4.21 Å². The van der Waals surface area contributed by atoms with Gasteiger partial charge in [-0.2, -0.15) is 0 Å². The van der Waals surface area contributed by atoms with Crippen LogP contribution in [0.1, 0.15) is 5.56 Å².